The number of esters is 1. The van der Waals surface area contributed by atoms with E-state index in [9.17, 15) is 14.4 Å². The van der Waals surface area contributed by atoms with Gasteiger partial charge in [0, 0.05) is 24.2 Å². The van der Waals surface area contributed by atoms with Crippen LogP contribution < -0.4 is 0 Å². The zero-order chi connectivity index (χ0) is 21.0. The van der Waals surface area contributed by atoms with Crippen molar-refractivity contribution in [3.8, 4) is 0 Å². The molecule has 0 bridgehead atoms. The summed E-state index contributed by atoms with van der Waals surface area (Å²) >= 11 is 0. The number of carbonyl (C=O) groups excluding carboxylic acids is 3. The van der Waals surface area contributed by atoms with Crippen molar-refractivity contribution in [1.29, 1.82) is 0 Å². The summed E-state index contributed by atoms with van der Waals surface area (Å²) in [7, 11) is 1.32. The number of methoxy groups -OCH3 is 1. The maximum absolute atomic E-state index is 13.4. The molecule has 0 spiro atoms. The lowest BCUT2D eigenvalue weighted by atomic mass is 9.99. The minimum atomic E-state index is -0.701. The average Bonchev–Trinajstić information content (AvgIpc) is 3.29. The Labute approximate surface area is 165 Å². The van der Waals surface area contributed by atoms with Crippen molar-refractivity contribution in [2.45, 2.75) is 60.2 Å². The minimum absolute atomic E-state index is 0.143. The second kappa shape index (κ2) is 8.91. The van der Waals surface area contributed by atoms with E-state index < -0.39 is 12.0 Å². The lowest BCUT2D eigenvalue weighted by Crippen LogP contribution is -2.42. The van der Waals surface area contributed by atoms with Crippen molar-refractivity contribution in [1.82, 2.24) is 9.47 Å². The minimum Gasteiger partial charge on any atom is -0.467 e. The van der Waals surface area contributed by atoms with Gasteiger partial charge in [-0.1, -0.05) is 6.92 Å². The lowest BCUT2D eigenvalue weighted by Gasteiger charge is -2.27. The third-order valence-electron chi connectivity index (χ3n) is 5.08. The fourth-order valence-electron chi connectivity index (χ4n) is 3.58. The first-order chi connectivity index (χ1) is 13.3. The third kappa shape index (κ3) is 3.88. The first-order valence-electron chi connectivity index (χ1n) is 9.42. The summed E-state index contributed by atoms with van der Waals surface area (Å²) in [5, 5.41) is 0. The van der Waals surface area contributed by atoms with Crippen LogP contribution in [0, 0.1) is 13.8 Å². The van der Waals surface area contributed by atoms with Crippen LogP contribution in [0.3, 0.4) is 0 Å². The molecule has 0 radical (unpaired) electrons. The highest BCUT2D eigenvalue weighted by Gasteiger charge is 2.32. The summed E-state index contributed by atoms with van der Waals surface area (Å²) in [4.78, 5) is 39.7. The first kappa shape index (κ1) is 21.5. The molecule has 0 aliphatic heterocycles. The van der Waals surface area contributed by atoms with Crippen LogP contribution in [0.15, 0.2) is 22.8 Å². The van der Waals surface area contributed by atoms with Crippen LogP contribution in [0.1, 0.15) is 65.1 Å². The molecule has 0 N–H and O–H groups in total. The maximum Gasteiger partial charge on any atom is 0.354 e. The number of ketones is 1. The van der Waals surface area contributed by atoms with Gasteiger partial charge < -0.3 is 18.6 Å². The molecule has 0 saturated carbocycles. The number of furan rings is 1. The topological polar surface area (TPSA) is 81.8 Å². The summed E-state index contributed by atoms with van der Waals surface area (Å²) < 4.78 is 12.0. The number of hydrogen-bond donors (Lipinski definition) is 0. The molecule has 0 saturated heterocycles. The van der Waals surface area contributed by atoms with Gasteiger partial charge in [0.25, 0.3) is 0 Å². The van der Waals surface area contributed by atoms with Crippen molar-refractivity contribution >= 4 is 17.7 Å². The van der Waals surface area contributed by atoms with E-state index >= 15 is 0 Å². The standard InChI is InChI=1S/C21H28N2O5/c1-7-17(24)23(12-16-10-9-11-28-16)15(5)20(25)18-13(3)19(21(26)27-6)22(8-2)14(18)4/h9-11,15H,7-8,12H2,1-6H3. The Hall–Kier alpha value is -2.83. The Morgan fingerprint density at radius 1 is 1.25 bits per heavy atom. The molecule has 0 aromatic carbocycles. The fourth-order valence-corrected chi connectivity index (χ4v) is 3.58. The first-order valence-corrected chi connectivity index (χ1v) is 9.42. The molecule has 2 aromatic heterocycles. The number of ether oxygens (including phenoxy) is 1. The summed E-state index contributed by atoms with van der Waals surface area (Å²) in [6, 6.07) is 2.81. The van der Waals surface area contributed by atoms with E-state index in [0.29, 0.717) is 34.8 Å². The number of carbonyl (C=O) groups is 3. The predicted octanol–water partition coefficient (Wildman–Crippen LogP) is 3.51. The molecule has 1 atom stereocenters. The SMILES string of the molecule is CCC(=O)N(Cc1ccco1)C(C)C(=O)c1c(C)c(C(=O)OC)n(CC)c1C. The van der Waals surface area contributed by atoms with Crippen LogP contribution in [0.5, 0.6) is 0 Å². The molecule has 2 heterocycles. The molecular weight excluding hydrogens is 360 g/mol. The summed E-state index contributed by atoms with van der Waals surface area (Å²) in [6.45, 7) is 9.66. The smallest absolute Gasteiger partial charge is 0.354 e. The van der Waals surface area contributed by atoms with Gasteiger partial charge in [0.05, 0.1) is 26.0 Å². The van der Waals surface area contributed by atoms with Gasteiger partial charge in [0.2, 0.25) is 5.91 Å². The summed E-state index contributed by atoms with van der Waals surface area (Å²) in [5.41, 5.74) is 2.10. The van der Waals surface area contributed by atoms with Crippen LogP contribution in [0.4, 0.5) is 0 Å². The van der Waals surface area contributed by atoms with Crippen molar-refractivity contribution in [3.63, 3.8) is 0 Å². The van der Waals surface area contributed by atoms with Crippen LogP contribution in [0.2, 0.25) is 0 Å². The Bertz CT molecular complexity index is 864. The Morgan fingerprint density at radius 3 is 2.43 bits per heavy atom. The molecule has 0 fully saturated rings. The summed E-state index contributed by atoms with van der Waals surface area (Å²) in [6.07, 6.45) is 1.81. The second-order valence-corrected chi connectivity index (χ2v) is 6.66. The van der Waals surface area contributed by atoms with Crippen LogP contribution >= 0.6 is 0 Å². The molecule has 7 nitrogen and oxygen atoms in total. The van der Waals surface area contributed by atoms with Gasteiger partial charge >= 0.3 is 5.97 Å². The van der Waals surface area contributed by atoms with Gasteiger partial charge in [-0.2, -0.15) is 0 Å². The van der Waals surface area contributed by atoms with E-state index in [2.05, 4.69) is 0 Å². The number of nitrogens with zero attached hydrogens (tertiary/aromatic N) is 2. The molecule has 1 amide bonds. The molecule has 0 aliphatic rings. The lowest BCUT2D eigenvalue weighted by molar-refractivity contribution is -0.133. The third-order valence-corrected chi connectivity index (χ3v) is 5.08. The van der Waals surface area contributed by atoms with E-state index in [1.807, 2.05) is 6.92 Å². The van der Waals surface area contributed by atoms with Gasteiger partial charge in [-0.3, -0.25) is 9.59 Å². The molecule has 2 rings (SSSR count). The van der Waals surface area contributed by atoms with Gasteiger partial charge in [-0.25, -0.2) is 4.79 Å². The Morgan fingerprint density at radius 2 is 1.93 bits per heavy atom. The molecule has 152 valence electrons. The second-order valence-electron chi connectivity index (χ2n) is 6.66. The monoisotopic (exact) mass is 388 g/mol. The van der Waals surface area contributed by atoms with E-state index in [0.717, 1.165) is 0 Å². The average molecular weight is 388 g/mol. The van der Waals surface area contributed by atoms with Gasteiger partial charge in [-0.05, 0) is 45.4 Å². The van der Waals surface area contributed by atoms with Gasteiger partial charge in [0.1, 0.15) is 11.5 Å². The quantitative estimate of drug-likeness (QED) is 0.510. The van der Waals surface area contributed by atoms with Crippen molar-refractivity contribution in [2.24, 2.45) is 0 Å². The Balaban J connectivity index is 2.46. The zero-order valence-corrected chi connectivity index (χ0v) is 17.4. The highest BCUT2D eigenvalue weighted by Crippen LogP contribution is 2.26. The van der Waals surface area contributed by atoms with Gasteiger partial charge in [-0.15, -0.1) is 0 Å². The largest absolute Gasteiger partial charge is 0.467 e. The molecular formula is C21H28N2O5. The van der Waals surface area contributed by atoms with Crippen molar-refractivity contribution in [3.05, 3.63) is 46.7 Å². The molecule has 7 heteroatoms. The molecule has 0 aliphatic carbocycles. The molecule has 1 unspecified atom stereocenters. The fraction of sp³-hybridized carbons (Fsp3) is 0.476. The van der Waals surface area contributed by atoms with E-state index in [1.54, 1.807) is 44.4 Å². The van der Waals surface area contributed by atoms with Crippen molar-refractivity contribution < 1.29 is 23.5 Å². The van der Waals surface area contributed by atoms with Crippen molar-refractivity contribution in [2.75, 3.05) is 7.11 Å². The van der Waals surface area contributed by atoms with Gasteiger partial charge in [0.15, 0.2) is 5.78 Å². The highest BCUT2D eigenvalue weighted by atomic mass is 16.5. The summed E-state index contributed by atoms with van der Waals surface area (Å²) in [5.74, 6) is -0.223. The van der Waals surface area contributed by atoms with Crippen LogP contribution in [-0.2, 0) is 22.6 Å². The molecule has 28 heavy (non-hydrogen) atoms. The number of aromatic nitrogens is 1. The normalized spacial score (nSPS) is 11.9. The highest BCUT2D eigenvalue weighted by molar-refractivity contribution is 6.06. The number of Topliss-reactive ketones (excluding diaryl/α,β-unsaturated/α-hetero) is 1. The zero-order valence-electron chi connectivity index (χ0n) is 17.4. The number of amides is 1. The predicted molar refractivity (Wildman–Crippen MR) is 104 cm³/mol. The molecule has 2 aromatic rings. The van der Waals surface area contributed by atoms with E-state index in [4.69, 9.17) is 9.15 Å². The number of hydrogen-bond acceptors (Lipinski definition) is 5. The van der Waals surface area contributed by atoms with Crippen LogP contribution in [-0.4, -0.2) is 40.3 Å². The number of rotatable bonds is 8. The maximum atomic E-state index is 13.4. The Kier molecular flexibility index (Phi) is 6.83. The van der Waals surface area contributed by atoms with E-state index in [1.165, 1.54) is 18.3 Å². The van der Waals surface area contributed by atoms with Crippen LogP contribution in [0.25, 0.3) is 0 Å². The van der Waals surface area contributed by atoms with E-state index in [-0.39, 0.29) is 24.7 Å².